The van der Waals surface area contributed by atoms with Gasteiger partial charge in [-0.15, -0.1) is 0 Å². The summed E-state index contributed by atoms with van der Waals surface area (Å²) < 4.78 is 19.4. The van der Waals surface area contributed by atoms with E-state index >= 15 is 0 Å². The number of aliphatic hydroxyl groups excluding tert-OH is 1. The summed E-state index contributed by atoms with van der Waals surface area (Å²) in [6.45, 7) is 6.50. The van der Waals surface area contributed by atoms with Crippen LogP contribution >= 0.6 is 0 Å². The average molecular weight is 291 g/mol. The predicted octanol–water partition coefficient (Wildman–Crippen LogP) is 3.50. The Labute approximate surface area is 124 Å². The lowest BCUT2D eigenvalue weighted by Gasteiger charge is -2.18. The van der Waals surface area contributed by atoms with Gasteiger partial charge in [0.25, 0.3) is 0 Å². The van der Waals surface area contributed by atoms with E-state index in [0.29, 0.717) is 17.9 Å². The van der Waals surface area contributed by atoms with Crippen molar-refractivity contribution in [3.05, 3.63) is 47.5 Å². The number of rotatable bonds is 6. The molecule has 3 nitrogen and oxygen atoms in total. The lowest BCUT2D eigenvalue weighted by atomic mass is 10.1. The Hall–Kier alpha value is -1.65. The van der Waals surface area contributed by atoms with Gasteiger partial charge in [0.1, 0.15) is 17.3 Å². The normalized spacial score (nSPS) is 14.1. The van der Waals surface area contributed by atoms with Gasteiger partial charge in [0.05, 0.1) is 6.54 Å². The Morgan fingerprint density at radius 3 is 2.71 bits per heavy atom. The average Bonchev–Trinajstić information content (AvgIpc) is 2.95. The van der Waals surface area contributed by atoms with Crippen LogP contribution in [0.3, 0.4) is 0 Å². The van der Waals surface area contributed by atoms with Crippen molar-refractivity contribution in [1.82, 2.24) is 5.32 Å². The molecule has 1 aromatic heterocycles. The SMILES string of the molecule is Cc1c(F)cccc1-c1ccc(CN[C@@H](C)[C@@H](C)CO)o1. The van der Waals surface area contributed by atoms with E-state index in [4.69, 9.17) is 9.52 Å². The molecule has 2 N–H and O–H groups in total. The van der Waals surface area contributed by atoms with Gasteiger partial charge in [0.2, 0.25) is 0 Å². The number of nitrogens with one attached hydrogen (secondary N) is 1. The second-order valence-electron chi connectivity index (χ2n) is 5.51. The first-order valence-electron chi connectivity index (χ1n) is 7.21. The highest BCUT2D eigenvalue weighted by Crippen LogP contribution is 2.27. The molecular weight excluding hydrogens is 269 g/mol. The fourth-order valence-corrected chi connectivity index (χ4v) is 2.11. The zero-order chi connectivity index (χ0) is 15.4. The minimum absolute atomic E-state index is 0.153. The first kappa shape index (κ1) is 15.7. The molecule has 2 rings (SSSR count). The zero-order valence-electron chi connectivity index (χ0n) is 12.7. The first-order valence-corrected chi connectivity index (χ1v) is 7.21. The van der Waals surface area contributed by atoms with Crippen molar-refractivity contribution in [3.8, 4) is 11.3 Å². The van der Waals surface area contributed by atoms with Gasteiger partial charge in [0, 0.05) is 18.2 Å². The highest BCUT2D eigenvalue weighted by molar-refractivity contribution is 5.62. The molecule has 2 aromatic rings. The molecule has 0 aliphatic rings. The monoisotopic (exact) mass is 291 g/mol. The van der Waals surface area contributed by atoms with E-state index in [9.17, 15) is 4.39 Å². The molecule has 0 unspecified atom stereocenters. The highest BCUT2D eigenvalue weighted by Gasteiger charge is 2.13. The van der Waals surface area contributed by atoms with Gasteiger partial charge >= 0.3 is 0 Å². The fraction of sp³-hybridized carbons (Fsp3) is 0.412. The van der Waals surface area contributed by atoms with Crippen molar-refractivity contribution < 1.29 is 13.9 Å². The van der Waals surface area contributed by atoms with Gasteiger partial charge in [-0.2, -0.15) is 0 Å². The first-order chi connectivity index (χ1) is 10.0. The number of furan rings is 1. The van der Waals surface area contributed by atoms with Crippen molar-refractivity contribution in [2.75, 3.05) is 6.61 Å². The molecule has 4 heteroatoms. The Kier molecular flexibility index (Phi) is 5.15. The maximum absolute atomic E-state index is 13.6. The molecule has 1 aromatic carbocycles. The summed E-state index contributed by atoms with van der Waals surface area (Å²) in [7, 11) is 0. The van der Waals surface area contributed by atoms with E-state index in [2.05, 4.69) is 5.32 Å². The van der Waals surface area contributed by atoms with Gasteiger partial charge in [-0.25, -0.2) is 4.39 Å². The lowest BCUT2D eigenvalue weighted by molar-refractivity contribution is 0.205. The van der Waals surface area contributed by atoms with E-state index in [0.717, 1.165) is 11.3 Å². The molecule has 0 spiro atoms. The summed E-state index contributed by atoms with van der Waals surface area (Å²) in [5, 5.41) is 12.4. The van der Waals surface area contributed by atoms with Crippen molar-refractivity contribution in [3.63, 3.8) is 0 Å². The third-order valence-electron chi connectivity index (χ3n) is 3.93. The summed E-state index contributed by atoms with van der Waals surface area (Å²) >= 11 is 0. The molecule has 0 fully saturated rings. The third kappa shape index (κ3) is 3.71. The number of hydrogen-bond acceptors (Lipinski definition) is 3. The molecule has 2 atom stereocenters. The van der Waals surface area contributed by atoms with E-state index in [1.165, 1.54) is 6.07 Å². The molecule has 0 bridgehead atoms. The smallest absolute Gasteiger partial charge is 0.134 e. The summed E-state index contributed by atoms with van der Waals surface area (Å²) in [4.78, 5) is 0. The van der Waals surface area contributed by atoms with Gasteiger partial charge < -0.3 is 14.8 Å². The van der Waals surface area contributed by atoms with Gasteiger partial charge in [-0.3, -0.25) is 0 Å². The Morgan fingerprint density at radius 1 is 1.24 bits per heavy atom. The van der Waals surface area contributed by atoms with Gasteiger partial charge in [-0.05, 0) is 43.5 Å². The van der Waals surface area contributed by atoms with Gasteiger partial charge in [-0.1, -0.05) is 19.1 Å². The Balaban J connectivity index is 2.06. The van der Waals surface area contributed by atoms with Crippen LogP contribution in [0, 0.1) is 18.7 Å². The van der Waals surface area contributed by atoms with Gasteiger partial charge in [0.15, 0.2) is 0 Å². The van der Waals surface area contributed by atoms with Crippen LogP contribution in [0.4, 0.5) is 4.39 Å². The van der Waals surface area contributed by atoms with E-state index in [1.54, 1.807) is 13.0 Å². The van der Waals surface area contributed by atoms with Crippen molar-refractivity contribution in [2.24, 2.45) is 5.92 Å². The minimum atomic E-state index is -0.228. The molecule has 0 amide bonds. The minimum Gasteiger partial charge on any atom is -0.460 e. The maximum atomic E-state index is 13.6. The Bertz CT molecular complexity index is 594. The van der Waals surface area contributed by atoms with Crippen LogP contribution in [0.15, 0.2) is 34.7 Å². The summed E-state index contributed by atoms with van der Waals surface area (Å²) in [5.74, 6) is 1.43. The number of halogens is 1. The predicted molar refractivity (Wildman–Crippen MR) is 81.4 cm³/mol. The lowest BCUT2D eigenvalue weighted by Crippen LogP contribution is -2.33. The molecule has 114 valence electrons. The highest BCUT2D eigenvalue weighted by atomic mass is 19.1. The fourth-order valence-electron chi connectivity index (χ4n) is 2.11. The number of aliphatic hydroxyl groups is 1. The van der Waals surface area contributed by atoms with Crippen molar-refractivity contribution in [1.29, 1.82) is 0 Å². The Morgan fingerprint density at radius 2 is 2.00 bits per heavy atom. The van der Waals surface area contributed by atoms with Crippen LogP contribution in [-0.2, 0) is 6.54 Å². The summed E-state index contributed by atoms with van der Waals surface area (Å²) in [5.41, 5.74) is 1.37. The molecule has 0 aliphatic heterocycles. The maximum Gasteiger partial charge on any atom is 0.134 e. The van der Waals surface area contributed by atoms with E-state index in [-0.39, 0.29) is 24.4 Å². The zero-order valence-corrected chi connectivity index (χ0v) is 12.7. The van der Waals surface area contributed by atoms with Crippen LogP contribution in [0.1, 0.15) is 25.2 Å². The van der Waals surface area contributed by atoms with Crippen molar-refractivity contribution >= 4 is 0 Å². The molecule has 1 heterocycles. The number of hydrogen-bond donors (Lipinski definition) is 2. The van der Waals surface area contributed by atoms with Crippen LogP contribution in [0.5, 0.6) is 0 Å². The van der Waals surface area contributed by atoms with E-state index < -0.39 is 0 Å². The van der Waals surface area contributed by atoms with Crippen LogP contribution in [0.2, 0.25) is 0 Å². The number of benzene rings is 1. The molecule has 21 heavy (non-hydrogen) atoms. The topological polar surface area (TPSA) is 45.4 Å². The molecule has 0 aliphatic carbocycles. The van der Waals surface area contributed by atoms with Crippen LogP contribution in [-0.4, -0.2) is 17.8 Å². The molecule has 0 radical (unpaired) electrons. The second kappa shape index (κ2) is 6.87. The van der Waals surface area contributed by atoms with Crippen LogP contribution < -0.4 is 5.32 Å². The standard InChI is InChI=1S/C17H22FNO2/c1-11(10-20)13(3)19-9-14-7-8-17(21-14)15-5-4-6-16(18)12(15)2/h4-8,11,13,19-20H,9-10H2,1-3H3/t11-,13-/m0/s1. The van der Waals surface area contributed by atoms with E-state index in [1.807, 2.05) is 32.0 Å². The quantitative estimate of drug-likeness (QED) is 0.856. The van der Waals surface area contributed by atoms with Crippen LogP contribution in [0.25, 0.3) is 11.3 Å². The molecule has 0 saturated heterocycles. The molecular formula is C17H22FNO2. The largest absolute Gasteiger partial charge is 0.460 e. The van der Waals surface area contributed by atoms with Crippen molar-refractivity contribution in [2.45, 2.75) is 33.4 Å². The third-order valence-corrected chi connectivity index (χ3v) is 3.93. The molecule has 0 saturated carbocycles. The summed E-state index contributed by atoms with van der Waals surface area (Å²) in [6, 6.07) is 8.93. The summed E-state index contributed by atoms with van der Waals surface area (Å²) in [6.07, 6.45) is 0. The second-order valence-corrected chi connectivity index (χ2v) is 5.51.